The van der Waals surface area contributed by atoms with Crippen molar-refractivity contribution in [1.82, 2.24) is 29.3 Å². The number of anilines is 2. The Morgan fingerprint density at radius 3 is 2.73 bits per heavy atom. The second kappa shape index (κ2) is 8.78. The monoisotopic (exact) mass is 449 g/mol. The van der Waals surface area contributed by atoms with Gasteiger partial charge in [-0.25, -0.2) is 14.1 Å². The van der Waals surface area contributed by atoms with Crippen LogP contribution in [0.3, 0.4) is 0 Å². The molecule has 4 heterocycles. The third kappa shape index (κ3) is 4.13. The number of fused-ring (bicyclic) bond motifs is 1. The van der Waals surface area contributed by atoms with E-state index in [1.807, 2.05) is 16.7 Å². The Morgan fingerprint density at radius 2 is 2.00 bits per heavy atom. The number of piperidine rings is 1. The van der Waals surface area contributed by atoms with Crippen LogP contribution in [0.15, 0.2) is 43.0 Å². The highest BCUT2D eigenvalue weighted by molar-refractivity contribution is 5.84. The molecular formula is C23H28FN9. The topological polar surface area (TPSA) is 103 Å². The maximum absolute atomic E-state index is 14.8. The van der Waals surface area contributed by atoms with E-state index in [2.05, 4.69) is 34.1 Å². The van der Waals surface area contributed by atoms with E-state index in [9.17, 15) is 4.39 Å². The molecule has 1 aliphatic rings. The highest BCUT2D eigenvalue weighted by Gasteiger charge is 2.22. The van der Waals surface area contributed by atoms with Crippen molar-refractivity contribution in [2.24, 2.45) is 5.73 Å². The van der Waals surface area contributed by atoms with Crippen LogP contribution in [0.5, 0.6) is 0 Å². The molecule has 172 valence electrons. The van der Waals surface area contributed by atoms with Gasteiger partial charge < -0.3 is 20.5 Å². The van der Waals surface area contributed by atoms with E-state index < -0.39 is 0 Å². The van der Waals surface area contributed by atoms with Gasteiger partial charge in [-0.3, -0.25) is 0 Å². The molecule has 0 radical (unpaired) electrons. The first-order chi connectivity index (χ1) is 16.0. The Balaban J connectivity index is 1.52. The van der Waals surface area contributed by atoms with E-state index >= 15 is 0 Å². The van der Waals surface area contributed by atoms with Crippen molar-refractivity contribution >= 4 is 22.9 Å². The van der Waals surface area contributed by atoms with Gasteiger partial charge >= 0.3 is 0 Å². The Kier molecular flexibility index (Phi) is 5.67. The summed E-state index contributed by atoms with van der Waals surface area (Å²) in [6.07, 6.45) is 7.05. The van der Waals surface area contributed by atoms with Crippen LogP contribution in [-0.2, 0) is 6.54 Å². The zero-order valence-corrected chi connectivity index (χ0v) is 18.8. The van der Waals surface area contributed by atoms with Crippen LogP contribution in [0.25, 0.3) is 16.9 Å². The summed E-state index contributed by atoms with van der Waals surface area (Å²) >= 11 is 0. The molecule has 1 fully saturated rings. The Bertz CT molecular complexity index is 1240. The van der Waals surface area contributed by atoms with Crippen LogP contribution in [-0.4, -0.2) is 48.4 Å². The zero-order valence-electron chi connectivity index (χ0n) is 18.8. The number of nitrogens with zero attached hydrogens (tertiary/aromatic N) is 7. The Hall–Kier alpha value is -3.53. The number of rotatable bonds is 6. The van der Waals surface area contributed by atoms with Crippen molar-refractivity contribution in [3.63, 3.8) is 0 Å². The number of hydrogen-bond donors (Lipinski definition) is 2. The van der Waals surface area contributed by atoms with Gasteiger partial charge in [0.2, 0.25) is 5.95 Å². The van der Waals surface area contributed by atoms with Gasteiger partial charge in [0, 0.05) is 49.7 Å². The third-order valence-electron chi connectivity index (χ3n) is 6.07. The van der Waals surface area contributed by atoms with E-state index in [0.717, 1.165) is 31.6 Å². The maximum atomic E-state index is 14.8. The van der Waals surface area contributed by atoms with Crippen molar-refractivity contribution in [2.75, 3.05) is 23.3 Å². The minimum atomic E-state index is -0.307. The number of aromatic nitrogens is 6. The molecule has 5 rings (SSSR count). The quantitative estimate of drug-likeness (QED) is 0.466. The predicted octanol–water partition coefficient (Wildman–Crippen LogP) is 3.27. The van der Waals surface area contributed by atoms with Crippen LogP contribution in [0.1, 0.15) is 38.3 Å². The normalized spacial score (nSPS) is 15.0. The molecule has 1 aliphatic heterocycles. The number of nitrogens with two attached hydrogens (primary N) is 1. The summed E-state index contributed by atoms with van der Waals surface area (Å²) in [5, 5.41) is 7.59. The van der Waals surface area contributed by atoms with Gasteiger partial charge in [-0.15, -0.1) is 0 Å². The van der Waals surface area contributed by atoms with Crippen molar-refractivity contribution < 1.29 is 4.39 Å². The molecule has 0 atom stereocenters. The molecule has 3 N–H and O–H groups in total. The van der Waals surface area contributed by atoms with E-state index in [-0.39, 0.29) is 24.4 Å². The van der Waals surface area contributed by atoms with E-state index in [4.69, 9.17) is 15.7 Å². The Labute approximate surface area is 191 Å². The number of nitrogens with one attached hydrogen (secondary N) is 1. The van der Waals surface area contributed by atoms with Crippen LogP contribution >= 0.6 is 0 Å². The first-order valence-corrected chi connectivity index (χ1v) is 11.3. The van der Waals surface area contributed by atoms with Gasteiger partial charge in [-0.2, -0.15) is 15.1 Å². The highest BCUT2D eigenvalue weighted by atomic mass is 19.1. The summed E-state index contributed by atoms with van der Waals surface area (Å²) in [5.74, 6) is 0.915. The third-order valence-corrected chi connectivity index (χ3v) is 6.07. The maximum Gasteiger partial charge on any atom is 0.229 e. The molecule has 3 aromatic heterocycles. The molecule has 0 amide bonds. The van der Waals surface area contributed by atoms with Gasteiger partial charge in [0.15, 0.2) is 17.0 Å². The van der Waals surface area contributed by atoms with E-state index in [0.29, 0.717) is 28.5 Å². The summed E-state index contributed by atoms with van der Waals surface area (Å²) in [6.45, 7) is 6.02. The fourth-order valence-corrected chi connectivity index (χ4v) is 4.17. The number of halogens is 1. The van der Waals surface area contributed by atoms with Crippen LogP contribution in [0.4, 0.5) is 16.2 Å². The molecule has 0 aliphatic carbocycles. The van der Waals surface area contributed by atoms with E-state index in [1.165, 1.54) is 6.07 Å². The first kappa shape index (κ1) is 21.3. The van der Waals surface area contributed by atoms with Crippen molar-refractivity contribution in [2.45, 2.75) is 45.3 Å². The molecule has 0 bridgehead atoms. The smallest absolute Gasteiger partial charge is 0.229 e. The van der Waals surface area contributed by atoms with Gasteiger partial charge in [0.25, 0.3) is 0 Å². The largest absolute Gasteiger partial charge is 0.364 e. The fraction of sp³-hybridized carbons (Fsp3) is 0.391. The molecule has 0 spiro atoms. The minimum Gasteiger partial charge on any atom is -0.364 e. The number of benzene rings is 1. The van der Waals surface area contributed by atoms with Gasteiger partial charge in [-0.05, 0) is 44.9 Å². The van der Waals surface area contributed by atoms with Crippen molar-refractivity contribution in [1.29, 1.82) is 0 Å². The molecule has 10 heteroatoms. The molecule has 0 unspecified atom stereocenters. The Morgan fingerprint density at radius 1 is 1.18 bits per heavy atom. The average Bonchev–Trinajstić information content (AvgIpc) is 3.48. The zero-order chi connectivity index (χ0) is 22.9. The predicted molar refractivity (Wildman–Crippen MR) is 126 cm³/mol. The van der Waals surface area contributed by atoms with E-state index in [1.54, 1.807) is 29.5 Å². The second-order valence-electron chi connectivity index (χ2n) is 8.66. The molecule has 1 saturated heterocycles. The molecule has 4 aromatic rings. The van der Waals surface area contributed by atoms with Crippen molar-refractivity contribution in [3.8, 4) is 5.69 Å². The number of hydrogen-bond acceptors (Lipinski definition) is 7. The SMILES string of the molecule is CC(C)n1cnc2c(NCc3c(F)cccc3-n3cccn3)nc(N3CCC(N)CC3)nc21. The number of imidazole rings is 1. The van der Waals surface area contributed by atoms with Crippen molar-refractivity contribution in [3.05, 3.63) is 54.4 Å². The summed E-state index contributed by atoms with van der Waals surface area (Å²) in [4.78, 5) is 16.4. The van der Waals surface area contributed by atoms with Gasteiger partial charge in [-0.1, -0.05) is 6.07 Å². The molecule has 1 aromatic carbocycles. The van der Waals surface area contributed by atoms with Crippen LogP contribution < -0.4 is 16.0 Å². The second-order valence-corrected chi connectivity index (χ2v) is 8.66. The molecule has 33 heavy (non-hydrogen) atoms. The van der Waals surface area contributed by atoms with Gasteiger partial charge in [0.05, 0.1) is 12.0 Å². The lowest BCUT2D eigenvalue weighted by molar-refractivity contribution is 0.495. The summed E-state index contributed by atoms with van der Waals surface area (Å²) in [6, 6.07) is 7.20. The summed E-state index contributed by atoms with van der Waals surface area (Å²) in [5.41, 5.74) is 8.69. The lowest BCUT2D eigenvalue weighted by Crippen LogP contribution is -2.40. The minimum absolute atomic E-state index is 0.193. The van der Waals surface area contributed by atoms with Gasteiger partial charge in [0.1, 0.15) is 5.82 Å². The first-order valence-electron chi connectivity index (χ1n) is 11.3. The highest BCUT2D eigenvalue weighted by Crippen LogP contribution is 2.27. The lowest BCUT2D eigenvalue weighted by Gasteiger charge is -2.30. The fourth-order valence-electron chi connectivity index (χ4n) is 4.17. The van der Waals surface area contributed by atoms with Crippen LogP contribution in [0, 0.1) is 5.82 Å². The molecular weight excluding hydrogens is 421 g/mol. The lowest BCUT2D eigenvalue weighted by atomic mass is 10.1. The van der Waals surface area contributed by atoms with Crippen LogP contribution in [0.2, 0.25) is 0 Å². The average molecular weight is 450 g/mol. The standard InChI is InChI=1S/C23H28FN9/c1-15(2)32-14-27-20-21(29-23(30-22(20)32)31-11-7-16(25)8-12-31)26-13-17-18(24)5-3-6-19(17)33-10-4-9-28-33/h3-6,9-10,14-16H,7-8,11-13,25H2,1-2H3,(H,26,29,30). The molecule has 9 nitrogen and oxygen atoms in total. The summed E-state index contributed by atoms with van der Waals surface area (Å²) < 4.78 is 18.5. The molecule has 0 saturated carbocycles. The summed E-state index contributed by atoms with van der Waals surface area (Å²) in [7, 11) is 0.